The molecule has 3 aromatic rings. The maximum absolute atomic E-state index is 13.8. The van der Waals surface area contributed by atoms with E-state index in [-0.39, 0.29) is 28.3 Å². The molecule has 3 N–H and O–H groups in total. The van der Waals surface area contributed by atoms with Crippen LogP contribution in [-0.2, 0) is 17.2 Å². The molecular weight excluding hydrogens is 505 g/mol. The van der Waals surface area contributed by atoms with Gasteiger partial charge in [0.1, 0.15) is 28.3 Å². The van der Waals surface area contributed by atoms with Gasteiger partial charge in [-0.25, -0.2) is 18.7 Å². The molecule has 1 heterocycles. The first-order chi connectivity index (χ1) is 15.8. The number of carbonyl (C=O) groups excluding carboxylic acids is 1. The van der Waals surface area contributed by atoms with Crippen LogP contribution in [0.1, 0.15) is 27.2 Å². The first-order valence-corrected chi connectivity index (χ1v) is 10.9. The zero-order valence-corrected chi connectivity index (χ0v) is 19.0. The summed E-state index contributed by atoms with van der Waals surface area (Å²) >= 11 is 5.92. The standard InChI is InChI=1S/C21H15ClF5N3O3S/c1-9-18(20(31)30-11-3-4-13(23)16(7-11)34(28)32)15(8-12(19(9)22)21(25,26)27)33-14-5-6-17(24)29-10(14)2/h3-8H,28H2,1-2H3,(H,30,31)/t34-/m1/s1. The minimum Gasteiger partial charge on any atom is -0.455 e. The number of pyridine rings is 1. The first-order valence-electron chi connectivity index (χ1n) is 9.28. The number of hydrogen-bond donors (Lipinski definition) is 2. The van der Waals surface area contributed by atoms with E-state index in [2.05, 4.69) is 10.3 Å². The van der Waals surface area contributed by atoms with E-state index in [1.807, 2.05) is 0 Å². The molecule has 0 aliphatic heterocycles. The Morgan fingerprint density at radius 1 is 1.12 bits per heavy atom. The predicted octanol–water partition coefficient (Wildman–Crippen LogP) is 5.67. The molecule has 0 unspecified atom stereocenters. The molecule has 6 nitrogen and oxygen atoms in total. The quantitative estimate of drug-likeness (QED) is 0.335. The topological polar surface area (TPSA) is 94.3 Å². The SMILES string of the molecule is Cc1nc(F)ccc1Oc1cc(C(F)(F)F)c(Cl)c(C)c1C(=O)Nc1ccc(F)c([S@](N)=O)c1. The van der Waals surface area contributed by atoms with Crippen molar-refractivity contribution >= 4 is 34.2 Å². The third-order valence-corrected chi connectivity index (χ3v) is 5.86. The summed E-state index contributed by atoms with van der Waals surface area (Å²) in [7, 11) is -2.20. The summed E-state index contributed by atoms with van der Waals surface area (Å²) in [6, 6.07) is 5.67. The predicted molar refractivity (Wildman–Crippen MR) is 115 cm³/mol. The summed E-state index contributed by atoms with van der Waals surface area (Å²) in [5.41, 5.74) is -1.92. The number of benzene rings is 2. The van der Waals surface area contributed by atoms with Crippen LogP contribution in [-0.4, -0.2) is 15.1 Å². The molecule has 0 aliphatic carbocycles. The number of carbonyl (C=O) groups is 1. The molecule has 1 atom stereocenters. The van der Waals surface area contributed by atoms with Gasteiger partial charge in [-0.3, -0.25) is 4.79 Å². The fraction of sp³-hybridized carbons (Fsp3) is 0.143. The highest BCUT2D eigenvalue weighted by Crippen LogP contribution is 2.42. The van der Waals surface area contributed by atoms with E-state index in [0.29, 0.717) is 6.07 Å². The Bertz CT molecular complexity index is 1320. The number of aryl methyl sites for hydroxylation is 1. The highest BCUT2D eigenvalue weighted by molar-refractivity contribution is 7.82. The zero-order valence-electron chi connectivity index (χ0n) is 17.4. The Labute approximate surface area is 197 Å². The number of hydrogen-bond acceptors (Lipinski definition) is 4. The molecule has 1 aromatic heterocycles. The van der Waals surface area contributed by atoms with Gasteiger partial charge >= 0.3 is 6.18 Å². The van der Waals surface area contributed by atoms with E-state index in [1.165, 1.54) is 13.8 Å². The number of nitrogens with zero attached hydrogens (tertiary/aromatic N) is 1. The normalized spacial score (nSPS) is 12.4. The van der Waals surface area contributed by atoms with E-state index in [9.17, 15) is 31.0 Å². The Kier molecular flexibility index (Phi) is 7.24. The fourth-order valence-electron chi connectivity index (χ4n) is 3.00. The lowest BCUT2D eigenvalue weighted by Gasteiger charge is -2.19. The molecule has 0 bridgehead atoms. The second kappa shape index (κ2) is 9.65. The van der Waals surface area contributed by atoms with Crippen molar-refractivity contribution in [3.05, 3.63) is 75.6 Å². The van der Waals surface area contributed by atoms with E-state index in [1.54, 1.807) is 0 Å². The summed E-state index contributed by atoms with van der Waals surface area (Å²) in [6.07, 6.45) is -4.87. The third kappa shape index (κ3) is 5.34. The van der Waals surface area contributed by atoms with E-state index >= 15 is 0 Å². The molecule has 0 fully saturated rings. The van der Waals surface area contributed by atoms with Gasteiger partial charge in [0.05, 0.1) is 26.7 Å². The Morgan fingerprint density at radius 2 is 1.79 bits per heavy atom. The number of nitrogens with two attached hydrogens (primary N) is 1. The van der Waals surface area contributed by atoms with Crippen molar-refractivity contribution in [3.8, 4) is 11.5 Å². The maximum Gasteiger partial charge on any atom is 0.417 e. The van der Waals surface area contributed by atoms with Gasteiger partial charge in [-0.1, -0.05) is 11.6 Å². The van der Waals surface area contributed by atoms with Gasteiger partial charge in [0, 0.05) is 5.69 Å². The van der Waals surface area contributed by atoms with Crippen LogP contribution in [0, 0.1) is 25.6 Å². The maximum atomic E-state index is 13.8. The number of anilines is 1. The molecule has 0 radical (unpaired) electrons. The highest BCUT2D eigenvalue weighted by atomic mass is 35.5. The lowest BCUT2D eigenvalue weighted by molar-refractivity contribution is -0.137. The molecule has 13 heteroatoms. The monoisotopic (exact) mass is 519 g/mol. The van der Waals surface area contributed by atoms with Crippen molar-refractivity contribution in [1.82, 2.24) is 4.98 Å². The molecule has 1 amide bonds. The Morgan fingerprint density at radius 3 is 2.38 bits per heavy atom. The number of alkyl halides is 3. The molecule has 0 saturated carbocycles. The van der Waals surface area contributed by atoms with Crippen LogP contribution in [0.3, 0.4) is 0 Å². The largest absolute Gasteiger partial charge is 0.455 e. The van der Waals surface area contributed by atoms with Crippen LogP contribution in [0.4, 0.5) is 27.6 Å². The van der Waals surface area contributed by atoms with Gasteiger partial charge in [-0.15, -0.1) is 0 Å². The van der Waals surface area contributed by atoms with Crippen molar-refractivity contribution in [2.24, 2.45) is 5.14 Å². The van der Waals surface area contributed by atoms with Crippen molar-refractivity contribution < 1.29 is 35.7 Å². The number of rotatable bonds is 5. The zero-order chi connectivity index (χ0) is 25.4. The summed E-state index contributed by atoms with van der Waals surface area (Å²) in [6.45, 7) is 2.54. The molecule has 3 rings (SSSR count). The molecule has 0 aliphatic rings. The van der Waals surface area contributed by atoms with Crippen LogP contribution in [0.15, 0.2) is 41.3 Å². The second-order valence-electron chi connectivity index (χ2n) is 6.95. The van der Waals surface area contributed by atoms with Gasteiger partial charge < -0.3 is 10.1 Å². The smallest absolute Gasteiger partial charge is 0.417 e. The Balaban J connectivity index is 2.13. The summed E-state index contributed by atoms with van der Waals surface area (Å²) in [5, 5.41) is 6.84. The van der Waals surface area contributed by atoms with Gasteiger partial charge in [-0.05, 0) is 55.8 Å². The second-order valence-corrected chi connectivity index (χ2v) is 8.36. The fourth-order valence-corrected chi connectivity index (χ4v) is 3.76. The van der Waals surface area contributed by atoms with Gasteiger partial charge in [0.2, 0.25) is 5.95 Å². The van der Waals surface area contributed by atoms with E-state index in [0.717, 1.165) is 30.3 Å². The number of aromatic nitrogens is 1. The molecule has 2 aromatic carbocycles. The van der Waals surface area contributed by atoms with Crippen molar-refractivity contribution in [1.29, 1.82) is 0 Å². The highest BCUT2D eigenvalue weighted by Gasteiger charge is 2.37. The average molecular weight is 520 g/mol. The molecule has 34 heavy (non-hydrogen) atoms. The number of halogens is 6. The lowest BCUT2D eigenvalue weighted by atomic mass is 10.0. The van der Waals surface area contributed by atoms with Crippen LogP contribution in [0.25, 0.3) is 0 Å². The van der Waals surface area contributed by atoms with E-state index < -0.39 is 56.1 Å². The molecular formula is C21H15ClF5N3O3S. The molecule has 0 saturated heterocycles. The van der Waals surface area contributed by atoms with Crippen LogP contribution in [0.2, 0.25) is 5.02 Å². The first kappa shape index (κ1) is 25.5. The molecule has 180 valence electrons. The number of amides is 1. The Hall–Kier alpha value is -3.09. The van der Waals surface area contributed by atoms with Crippen LogP contribution >= 0.6 is 11.6 Å². The average Bonchev–Trinajstić information content (AvgIpc) is 2.72. The van der Waals surface area contributed by atoms with Crippen molar-refractivity contribution in [3.63, 3.8) is 0 Å². The van der Waals surface area contributed by atoms with Gasteiger partial charge in [-0.2, -0.15) is 17.6 Å². The number of ether oxygens (including phenoxy) is 1. The van der Waals surface area contributed by atoms with Gasteiger partial charge in [0.25, 0.3) is 5.91 Å². The minimum absolute atomic E-state index is 0.0149. The third-order valence-electron chi connectivity index (χ3n) is 4.62. The van der Waals surface area contributed by atoms with Crippen molar-refractivity contribution in [2.45, 2.75) is 24.9 Å². The minimum atomic E-state index is -4.87. The summed E-state index contributed by atoms with van der Waals surface area (Å²) in [5.74, 6) is -3.32. The van der Waals surface area contributed by atoms with E-state index in [4.69, 9.17) is 21.5 Å². The van der Waals surface area contributed by atoms with Crippen LogP contribution in [0.5, 0.6) is 11.5 Å². The lowest BCUT2D eigenvalue weighted by Crippen LogP contribution is -2.18. The van der Waals surface area contributed by atoms with Crippen molar-refractivity contribution in [2.75, 3.05) is 5.32 Å². The number of nitrogens with one attached hydrogen (secondary N) is 1. The summed E-state index contributed by atoms with van der Waals surface area (Å²) < 4.78 is 84.7. The summed E-state index contributed by atoms with van der Waals surface area (Å²) in [4.78, 5) is 16.2. The van der Waals surface area contributed by atoms with Crippen LogP contribution < -0.4 is 15.2 Å². The van der Waals surface area contributed by atoms with Gasteiger partial charge in [0.15, 0.2) is 0 Å². The molecule has 0 spiro atoms.